The summed E-state index contributed by atoms with van der Waals surface area (Å²) in [5.41, 5.74) is 1.23. The van der Waals surface area contributed by atoms with Gasteiger partial charge >= 0.3 is 0 Å². The fraction of sp³-hybridized carbons (Fsp3) is 0.615. The number of hydrogen-bond donors (Lipinski definition) is 0. The van der Waals surface area contributed by atoms with Crippen molar-refractivity contribution in [3.05, 3.63) is 24.0 Å². The summed E-state index contributed by atoms with van der Waals surface area (Å²) in [6, 6.07) is 4.33. The minimum atomic E-state index is 0.0821. The van der Waals surface area contributed by atoms with Crippen molar-refractivity contribution in [2.75, 3.05) is 20.3 Å². The molecule has 0 N–H and O–H groups in total. The molecule has 0 bridgehead atoms. The van der Waals surface area contributed by atoms with Gasteiger partial charge in [-0.1, -0.05) is 13.8 Å². The molecule has 1 atom stereocenters. The quantitative estimate of drug-likeness (QED) is 0.800. The largest absolute Gasteiger partial charge is 0.375 e. The molecule has 4 nitrogen and oxygen atoms in total. The van der Waals surface area contributed by atoms with E-state index in [1.54, 1.807) is 7.11 Å². The lowest BCUT2D eigenvalue weighted by molar-refractivity contribution is -0.140. The molecular formula is C13H20N2O2. The highest BCUT2D eigenvalue weighted by atomic mass is 16.5. The molecule has 1 aliphatic rings. The first-order chi connectivity index (χ1) is 8.15. The molecule has 1 amide bonds. The molecule has 0 aromatic carbocycles. The first-order valence-electron chi connectivity index (χ1n) is 6.08. The van der Waals surface area contributed by atoms with Crippen LogP contribution in [0.2, 0.25) is 0 Å². The molecule has 0 saturated carbocycles. The highest BCUT2D eigenvalue weighted by Crippen LogP contribution is 2.32. The van der Waals surface area contributed by atoms with E-state index in [0.29, 0.717) is 5.92 Å². The van der Waals surface area contributed by atoms with Gasteiger partial charge in [0.15, 0.2) is 0 Å². The van der Waals surface area contributed by atoms with Crippen LogP contribution in [0, 0.1) is 5.92 Å². The molecule has 0 aliphatic carbocycles. The van der Waals surface area contributed by atoms with Gasteiger partial charge in [0, 0.05) is 32.1 Å². The molecule has 4 heteroatoms. The fourth-order valence-electron chi connectivity index (χ4n) is 2.60. The van der Waals surface area contributed by atoms with E-state index in [-0.39, 0.29) is 18.6 Å². The smallest absolute Gasteiger partial charge is 0.249 e. The Balaban J connectivity index is 2.27. The van der Waals surface area contributed by atoms with Gasteiger partial charge in [0.1, 0.15) is 6.61 Å². The third-order valence-corrected chi connectivity index (χ3v) is 3.30. The monoisotopic (exact) mass is 236 g/mol. The van der Waals surface area contributed by atoms with Crippen LogP contribution >= 0.6 is 0 Å². The highest BCUT2D eigenvalue weighted by molar-refractivity contribution is 5.78. The maximum Gasteiger partial charge on any atom is 0.249 e. The van der Waals surface area contributed by atoms with Gasteiger partial charge in [-0.05, 0) is 18.1 Å². The molecule has 0 fully saturated rings. The summed E-state index contributed by atoms with van der Waals surface area (Å²) in [7, 11) is 1.56. The van der Waals surface area contributed by atoms with Gasteiger partial charge in [0.25, 0.3) is 0 Å². The number of amides is 1. The van der Waals surface area contributed by atoms with Crippen LogP contribution in [0.4, 0.5) is 0 Å². The second kappa shape index (κ2) is 4.92. The zero-order valence-corrected chi connectivity index (χ0v) is 10.7. The summed E-state index contributed by atoms with van der Waals surface area (Å²) in [6.07, 6.45) is 2.09. The van der Waals surface area contributed by atoms with Crippen molar-refractivity contribution in [1.82, 2.24) is 9.47 Å². The van der Waals surface area contributed by atoms with Crippen molar-refractivity contribution in [1.29, 1.82) is 0 Å². The standard InChI is InChI=1S/C13H20N2O2/c1-10(2)13-11-5-4-6-14(11)7-8-15(13)12(16)9-17-3/h4-6,10,13H,7-9H2,1-3H3/t13-/m1/s1. The summed E-state index contributed by atoms with van der Waals surface area (Å²) >= 11 is 0. The highest BCUT2D eigenvalue weighted by Gasteiger charge is 2.32. The molecule has 1 aliphatic heterocycles. The maximum absolute atomic E-state index is 12.0. The minimum Gasteiger partial charge on any atom is -0.375 e. The second-order valence-corrected chi connectivity index (χ2v) is 4.84. The van der Waals surface area contributed by atoms with Gasteiger partial charge in [-0.25, -0.2) is 0 Å². The SMILES string of the molecule is COCC(=O)N1CCn2cccc2[C@H]1C(C)C. The number of carbonyl (C=O) groups excluding carboxylic acids is 1. The lowest BCUT2D eigenvalue weighted by Gasteiger charge is -2.39. The number of hydrogen-bond acceptors (Lipinski definition) is 2. The average molecular weight is 236 g/mol. The van der Waals surface area contributed by atoms with Crippen LogP contribution < -0.4 is 0 Å². The minimum absolute atomic E-state index is 0.0821. The Labute approximate surface area is 102 Å². The van der Waals surface area contributed by atoms with Gasteiger partial charge in [-0.15, -0.1) is 0 Å². The van der Waals surface area contributed by atoms with E-state index in [2.05, 4.69) is 36.7 Å². The third kappa shape index (κ3) is 2.22. The first-order valence-corrected chi connectivity index (χ1v) is 6.08. The molecule has 2 heterocycles. The molecule has 1 aromatic heterocycles. The van der Waals surface area contributed by atoms with Crippen LogP contribution in [0.1, 0.15) is 25.6 Å². The van der Waals surface area contributed by atoms with E-state index in [1.165, 1.54) is 5.69 Å². The van der Waals surface area contributed by atoms with E-state index in [0.717, 1.165) is 13.1 Å². The number of rotatable bonds is 3. The van der Waals surface area contributed by atoms with Gasteiger partial charge in [-0.2, -0.15) is 0 Å². The topological polar surface area (TPSA) is 34.5 Å². The van der Waals surface area contributed by atoms with Crippen LogP contribution in [-0.4, -0.2) is 35.6 Å². The van der Waals surface area contributed by atoms with E-state index in [9.17, 15) is 4.79 Å². The molecule has 0 radical (unpaired) electrons. The second-order valence-electron chi connectivity index (χ2n) is 4.84. The van der Waals surface area contributed by atoms with Crippen LogP contribution in [0.25, 0.3) is 0 Å². The van der Waals surface area contributed by atoms with Crippen molar-refractivity contribution < 1.29 is 9.53 Å². The van der Waals surface area contributed by atoms with Gasteiger partial charge in [-0.3, -0.25) is 4.79 Å². The Kier molecular flexibility index (Phi) is 3.52. The van der Waals surface area contributed by atoms with Crippen molar-refractivity contribution >= 4 is 5.91 Å². The van der Waals surface area contributed by atoms with Crippen molar-refractivity contribution in [2.45, 2.75) is 26.4 Å². The Hall–Kier alpha value is -1.29. The van der Waals surface area contributed by atoms with Gasteiger partial charge in [0.05, 0.1) is 6.04 Å². The fourth-order valence-corrected chi connectivity index (χ4v) is 2.60. The summed E-state index contributed by atoms with van der Waals surface area (Å²) in [4.78, 5) is 14.0. The first kappa shape index (κ1) is 12.2. The van der Waals surface area contributed by atoms with Crippen LogP contribution in [0.5, 0.6) is 0 Å². The predicted molar refractivity (Wildman–Crippen MR) is 65.6 cm³/mol. The molecule has 94 valence electrons. The number of ether oxygens (including phenoxy) is 1. The Morgan fingerprint density at radius 1 is 1.53 bits per heavy atom. The molecule has 2 rings (SSSR count). The maximum atomic E-state index is 12.0. The normalized spacial score (nSPS) is 19.5. The van der Waals surface area contributed by atoms with E-state index < -0.39 is 0 Å². The molecule has 17 heavy (non-hydrogen) atoms. The Bertz CT molecular complexity index is 398. The summed E-state index contributed by atoms with van der Waals surface area (Å²) < 4.78 is 7.19. The zero-order valence-electron chi connectivity index (χ0n) is 10.7. The van der Waals surface area contributed by atoms with E-state index in [1.807, 2.05) is 4.90 Å². The predicted octanol–water partition coefficient (Wildman–Crippen LogP) is 1.67. The summed E-state index contributed by atoms with van der Waals surface area (Å²) in [6.45, 7) is 6.12. The molecule has 0 unspecified atom stereocenters. The van der Waals surface area contributed by atoms with Gasteiger partial charge in [0.2, 0.25) is 5.91 Å². The lowest BCUT2D eigenvalue weighted by atomic mass is 9.97. The average Bonchev–Trinajstić information content (AvgIpc) is 2.75. The van der Waals surface area contributed by atoms with E-state index in [4.69, 9.17) is 4.74 Å². The molecule has 1 aromatic rings. The molecular weight excluding hydrogens is 216 g/mol. The Morgan fingerprint density at radius 3 is 2.94 bits per heavy atom. The number of fused-ring (bicyclic) bond motifs is 1. The van der Waals surface area contributed by atoms with Crippen molar-refractivity contribution in [3.8, 4) is 0 Å². The Morgan fingerprint density at radius 2 is 2.29 bits per heavy atom. The van der Waals surface area contributed by atoms with E-state index >= 15 is 0 Å². The van der Waals surface area contributed by atoms with Crippen LogP contribution in [0.15, 0.2) is 18.3 Å². The molecule has 0 spiro atoms. The zero-order chi connectivity index (χ0) is 12.4. The van der Waals surface area contributed by atoms with Crippen molar-refractivity contribution in [3.63, 3.8) is 0 Å². The summed E-state index contributed by atoms with van der Waals surface area (Å²) in [5.74, 6) is 0.489. The van der Waals surface area contributed by atoms with Crippen molar-refractivity contribution in [2.24, 2.45) is 5.92 Å². The number of carbonyl (C=O) groups is 1. The van der Waals surface area contributed by atoms with Crippen LogP contribution in [-0.2, 0) is 16.1 Å². The number of nitrogens with zero attached hydrogens (tertiary/aromatic N) is 2. The third-order valence-electron chi connectivity index (χ3n) is 3.30. The molecule has 0 saturated heterocycles. The lowest BCUT2D eigenvalue weighted by Crippen LogP contribution is -2.45. The van der Waals surface area contributed by atoms with Gasteiger partial charge < -0.3 is 14.2 Å². The summed E-state index contributed by atoms with van der Waals surface area (Å²) in [5, 5.41) is 0. The number of aromatic nitrogens is 1. The van der Waals surface area contributed by atoms with Crippen LogP contribution in [0.3, 0.4) is 0 Å². The number of methoxy groups -OCH3 is 1.